The number of aliphatic hydroxyl groups is 1. The molecule has 8 nitrogen and oxygen atoms in total. The highest BCUT2D eigenvalue weighted by molar-refractivity contribution is 6.02. The lowest BCUT2D eigenvalue weighted by Gasteiger charge is -2.43. The molecule has 0 unspecified atom stereocenters. The molecule has 1 aliphatic carbocycles. The molecule has 2 rings (SSSR count). The second-order valence-electron chi connectivity index (χ2n) is 6.64. The van der Waals surface area contributed by atoms with Crippen LogP contribution >= 0.6 is 0 Å². The number of rotatable bonds is 4. The molecular weight excluding hydrogens is 356 g/mol. The highest BCUT2D eigenvalue weighted by Gasteiger charge is 2.56. The number of carbonyl (C=O) groups is 4. The molecule has 0 saturated heterocycles. The van der Waals surface area contributed by atoms with Crippen molar-refractivity contribution in [3.63, 3.8) is 0 Å². The van der Waals surface area contributed by atoms with E-state index in [2.05, 4.69) is 4.74 Å². The van der Waals surface area contributed by atoms with Crippen molar-refractivity contribution in [3.8, 4) is 0 Å². The molecule has 0 bridgehead atoms. The number of ketones is 1. The van der Waals surface area contributed by atoms with Crippen molar-refractivity contribution in [2.45, 2.75) is 24.9 Å². The summed E-state index contributed by atoms with van der Waals surface area (Å²) in [5.41, 5.74) is -1.03. The zero-order chi connectivity index (χ0) is 20.4. The van der Waals surface area contributed by atoms with Crippen molar-refractivity contribution in [1.82, 2.24) is 0 Å². The van der Waals surface area contributed by atoms with Gasteiger partial charge in [-0.05, 0) is 24.6 Å². The minimum Gasteiger partial charge on any atom is -0.469 e. The zero-order valence-corrected chi connectivity index (χ0v) is 15.6. The summed E-state index contributed by atoms with van der Waals surface area (Å²) in [5, 5.41) is 10.7. The molecule has 0 aromatic heterocycles. The first-order valence-electron chi connectivity index (χ1n) is 8.27. The van der Waals surface area contributed by atoms with Crippen molar-refractivity contribution >= 4 is 23.7 Å². The second kappa shape index (κ2) is 7.87. The number of methoxy groups -OCH3 is 3. The van der Waals surface area contributed by atoms with E-state index in [0.29, 0.717) is 5.56 Å². The Hall–Kier alpha value is -2.74. The Balaban J connectivity index is 2.60. The van der Waals surface area contributed by atoms with Gasteiger partial charge >= 0.3 is 17.9 Å². The van der Waals surface area contributed by atoms with Crippen molar-refractivity contribution in [2.24, 2.45) is 11.8 Å². The number of Topliss-reactive ketones (excluding diaryl/α,β-unsaturated/α-hetero) is 1. The van der Waals surface area contributed by atoms with Gasteiger partial charge in [-0.1, -0.05) is 12.1 Å². The minimum atomic E-state index is -1.71. The first kappa shape index (κ1) is 20.6. The molecule has 0 amide bonds. The van der Waals surface area contributed by atoms with Gasteiger partial charge in [0.25, 0.3) is 0 Å². The number of carbonyl (C=O) groups excluding carboxylic acids is 4. The number of ether oxygens (including phenoxy) is 3. The van der Waals surface area contributed by atoms with Gasteiger partial charge in [0.15, 0.2) is 5.78 Å². The summed E-state index contributed by atoms with van der Waals surface area (Å²) in [6.45, 7) is 1.36. The van der Waals surface area contributed by atoms with Gasteiger partial charge in [-0.25, -0.2) is 4.79 Å². The summed E-state index contributed by atoms with van der Waals surface area (Å²) in [6, 6.07) is 5.93. The minimum absolute atomic E-state index is 0.263. The summed E-state index contributed by atoms with van der Waals surface area (Å²) < 4.78 is 14.2. The predicted molar refractivity (Wildman–Crippen MR) is 91.8 cm³/mol. The van der Waals surface area contributed by atoms with Crippen LogP contribution in [0.4, 0.5) is 0 Å². The molecule has 1 fully saturated rings. The SMILES string of the molecule is COC(=O)c1ccc([C@H]2[C@H](C(=O)OC)C(=O)C[C@](C)(O)[C@H]2C(=O)OC)cc1. The van der Waals surface area contributed by atoms with Crippen molar-refractivity contribution in [1.29, 1.82) is 0 Å². The first-order valence-corrected chi connectivity index (χ1v) is 8.27. The number of hydrogen-bond donors (Lipinski definition) is 1. The lowest BCUT2D eigenvalue weighted by molar-refractivity contribution is -0.170. The predicted octanol–water partition coefficient (Wildman–Crippen LogP) is 0.859. The van der Waals surface area contributed by atoms with E-state index in [1.54, 1.807) is 0 Å². The maximum Gasteiger partial charge on any atom is 0.337 e. The van der Waals surface area contributed by atoms with Gasteiger partial charge in [0, 0.05) is 12.3 Å². The maximum atomic E-state index is 12.6. The molecule has 8 heteroatoms. The van der Waals surface area contributed by atoms with Gasteiger partial charge in [-0.3, -0.25) is 14.4 Å². The number of esters is 3. The molecular formula is C19H22O8. The summed E-state index contributed by atoms with van der Waals surface area (Å²) in [6.07, 6.45) is -0.386. The third-order valence-corrected chi connectivity index (χ3v) is 4.89. The van der Waals surface area contributed by atoms with E-state index in [4.69, 9.17) is 9.47 Å². The topological polar surface area (TPSA) is 116 Å². The van der Waals surface area contributed by atoms with Crippen molar-refractivity contribution in [3.05, 3.63) is 35.4 Å². The van der Waals surface area contributed by atoms with Crippen molar-refractivity contribution in [2.75, 3.05) is 21.3 Å². The lowest BCUT2D eigenvalue weighted by Crippen LogP contribution is -2.55. The normalized spacial score (nSPS) is 27.6. The van der Waals surface area contributed by atoms with Gasteiger partial charge in [-0.15, -0.1) is 0 Å². The van der Waals surface area contributed by atoms with E-state index in [1.165, 1.54) is 45.4 Å². The summed E-state index contributed by atoms with van der Waals surface area (Å²) in [7, 11) is 3.56. The van der Waals surface area contributed by atoms with Gasteiger partial charge in [-0.2, -0.15) is 0 Å². The van der Waals surface area contributed by atoms with Gasteiger partial charge in [0.2, 0.25) is 0 Å². The fraction of sp³-hybridized carbons (Fsp3) is 0.474. The average Bonchev–Trinajstić information content (AvgIpc) is 2.65. The van der Waals surface area contributed by atoms with E-state index in [9.17, 15) is 24.3 Å². The van der Waals surface area contributed by atoms with Crippen LogP contribution < -0.4 is 0 Å². The molecule has 1 aliphatic rings. The Labute approximate surface area is 156 Å². The molecule has 0 aliphatic heterocycles. The standard InChI is InChI=1S/C19H22O8/c1-19(24)9-12(20)14(17(22)26-3)13(15(19)18(23)27-4)10-5-7-11(8-6-10)16(21)25-2/h5-8,13-15,24H,9H2,1-4H3/t13-,14+,15+,19-/m0/s1. The van der Waals surface area contributed by atoms with E-state index in [1.807, 2.05) is 0 Å². The maximum absolute atomic E-state index is 12.6. The first-order chi connectivity index (χ1) is 12.7. The zero-order valence-electron chi connectivity index (χ0n) is 15.6. The van der Waals surface area contributed by atoms with Crippen LogP contribution in [0.15, 0.2) is 24.3 Å². The molecule has 4 atom stereocenters. The summed E-state index contributed by atoms with van der Waals surface area (Å²) >= 11 is 0. The highest BCUT2D eigenvalue weighted by Crippen LogP contribution is 2.46. The molecule has 0 radical (unpaired) electrons. The third kappa shape index (κ3) is 3.85. The van der Waals surface area contributed by atoms with Gasteiger partial charge in [0.1, 0.15) is 5.92 Å². The van der Waals surface area contributed by atoms with Crippen LogP contribution in [0.25, 0.3) is 0 Å². The molecule has 27 heavy (non-hydrogen) atoms. The van der Waals surface area contributed by atoms with Crippen LogP contribution in [0.1, 0.15) is 35.2 Å². The fourth-order valence-electron chi connectivity index (χ4n) is 3.63. The quantitative estimate of drug-likeness (QED) is 0.466. The Morgan fingerprint density at radius 3 is 2.04 bits per heavy atom. The van der Waals surface area contributed by atoms with E-state index >= 15 is 0 Å². The Kier molecular flexibility index (Phi) is 6.00. The Bertz CT molecular complexity index is 749. The van der Waals surface area contributed by atoms with Crippen LogP contribution in [0.5, 0.6) is 0 Å². The summed E-state index contributed by atoms with van der Waals surface area (Å²) in [4.78, 5) is 48.9. The molecule has 1 N–H and O–H groups in total. The number of hydrogen-bond acceptors (Lipinski definition) is 8. The second-order valence-corrected chi connectivity index (χ2v) is 6.64. The number of benzene rings is 1. The van der Waals surface area contributed by atoms with Gasteiger partial charge < -0.3 is 19.3 Å². The molecule has 0 heterocycles. The highest BCUT2D eigenvalue weighted by atomic mass is 16.5. The molecule has 146 valence electrons. The largest absolute Gasteiger partial charge is 0.469 e. The lowest BCUT2D eigenvalue weighted by atomic mass is 9.61. The van der Waals surface area contributed by atoms with Crippen LogP contribution in [0.3, 0.4) is 0 Å². The Morgan fingerprint density at radius 2 is 1.56 bits per heavy atom. The van der Waals surface area contributed by atoms with E-state index in [-0.39, 0.29) is 12.0 Å². The van der Waals surface area contributed by atoms with E-state index in [0.717, 1.165) is 7.11 Å². The fourth-order valence-corrected chi connectivity index (χ4v) is 3.63. The summed E-state index contributed by atoms with van der Waals surface area (Å²) in [5.74, 6) is -6.09. The van der Waals surface area contributed by atoms with Crippen LogP contribution in [0.2, 0.25) is 0 Å². The average molecular weight is 378 g/mol. The molecule has 1 aromatic rings. The molecule has 1 aromatic carbocycles. The van der Waals surface area contributed by atoms with Crippen LogP contribution in [-0.4, -0.2) is 55.7 Å². The molecule has 0 spiro atoms. The van der Waals surface area contributed by atoms with Gasteiger partial charge in [0.05, 0.1) is 38.4 Å². The van der Waals surface area contributed by atoms with E-state index < -0.39 is 47.0 Å². The van der Waals surface area contributed by atoms with Crippen molar-refractivity contribution < 1.29 is 38.5 Å². The smallest absolute Gasteiger partial charge is 0.337 e. The van der Waals surface area contributed by atoms with Crippen LogP contribution in [0, 0.1) is 11.8 Å². The monoisotopic (exact) mass is 378 g/mol. The third-order valence-electron chi connectivity index (χ3n) is 4.89. The Morgan fingerprint density at radius 1 is 1.00 bits per heavy atom. The molecule has 1 saturated carbocycles. The van der Waals surface area contributed by atoms with Crippen LogP contribution in [-0.2, 0) is 28.6 Å².